The Balaban J connectivity index is 2.18. The van der Waals surface area contributed by atoms with Crippen LogP contribution in [-0.2, 0) is 14.8 Å². The van der Waals surface area contributed by atoms with Crippen LogP contribution in [0.25, 0.3) is 0 Å². The summed E-state index contributed by atoms with van der Waals surface area (Å²) in [5, 5.41) is 7.97. The smallest absolute Gasteiger partial charge is 0.251 e. The standard InChI is InChI=1S/C12H15BrN2O4S/c13-10-2-1-8(7-11(10)20(14,17)18)12(16)15-9-3-5-19-6-4-9/h1-2,7,9H,3-6H2,(H,15,16)(H2,14,17,18). The summed E-state index contributed by atoms with van der Waals surface area (Å²) in [6.45, 7) is 1.24. The van der Waals surface area contributed by atoms with Gasteiger partial charge in [0, 0.05) is 29.3 Å². The van der Waals surface area contributed by atoms with E-state index in [0.717, 1.165) is 12.8 Å². The van der Waals surface area contributed by atoms with Gasteiger partial charge in [-0.15, -0.1) is 0 Å². The van der Waals surface area contributed by atoms with Crippen molar-refractivity contribution in [1.82, 2.24) is 5.32 Å². The maximum absolute atomic E-state index is 12.1. The Bertz CT molecular complexity index is 612. The summed E-state index contributed by atoms with van der Waals surface area (Å²) in [6, 6.07) is 4.37. The lowest BCUT2D eigenvalue weighted by atomic mass is 10.1. The summed E-state index contributed by atoms with van der Waals surface area (Å²) in [7, 11) is -3.87. The second-order valence-corrected chi connectivity index (χ2v) is 6.93. The molecule has 1 aromatic carbocycles. The summed E-state index contributed by atoms with van der Waals surface area (Å²) in [5.41, 5.74) is 0.267. The number of benzene rings is 1. The molecule has 1 saturated heterocycles. The molecule has 1 fully saturated rings. The molecule has 6 nitrogen and oxygen atoms in total. The predicted molar refractivity (Wildman–Crippen MR) is 76.8 cm³/mol. The molecule has 1 amide bonds. The maximum atomic E-state index is 12.1. The van der Waals surface area contributed by atoms with Crippen LogP contribution in [0, 0.1) is 0 Å². The fourth-order valence-corrected chi connectivity index (χ4v) is 3.53. The number of primary sulfonamides is 1. The van der Waals surface area contributed by atoms with E-state index in [1.54, 1.807) is 6.07 Å². The van der Waals surface area contributed by atoms with Gasteiger partial charge in [-0.05, 0) is 47.0 Å². The molecule has 0 radical (unpaired) electrons. The van der Waals surface area contributed by atoms with E-state index in [4.69, 9.17) is 9.88 Å². The zero-order valence-corrected chi connectivity index (χ0v) is 13.0. The van der Waals surface area contributed by atoms with Crippen LogP contribution in [-0.4, -0.2) is 33.6 Å². The molecule has 0 aromatic heterocycles. The van der Waals surface area contributed by atoms with Gasteiger partial charge in [0.2, 0.25) is 10.0 Å². The van der Waals surface area contributed by atoms with Gasteiger partial charge in [-0.1, -0.05) is 0 Å². The van der Waals surface area contributed by atoms with Gasteiger partial charge in [0.05, 0.1) is 4.90 Å². The predicted octanol–water partition coefficient (Wildman–Crippen LogP) is 1.01. The van der Waals surface area contributed by atoms with Crippen molar-refractivity contribution in [2.45, 2.75) is 23.8 Å². The first-order chi connectivity index (χ1) is 9.38. The number of rotatable bonds is 3. The number of nitrogens with two attached hydrogens (primary N) is 1. The van der Waals surface area contributed by atoms with Crippen LogP contribution in [0.4, 0.5) is 0 Å². The number of ether oxygens (including phenoxy) is 1. The molecule has 3 N–H and O–H groups in total. The molecule has 20 heavy (non-hydrogen) atoms. The quantitative estimate of drug-likeness (QED) is 0.837. The van der Waals surface area contributed by atoms with Crippen LogP contribution < -0.4 is 10.5 Å². The fraction of sp³-hybridized carbons (Fsp3) is 0.417. The minimum absolute atomic E-state index is 0.0535. The average molecular weight is 363 g/mol. The SMILES string of the molecule is NS(=O)(=O)c1cc(C(=O)NC2CCOCC2)ccc1Br. The van der Waals surface area contributed by atoms with Gasteiger partial charge in [-0.3, -0.25) is 4.79 Å². The third kappa shape index (κ3) is 3.78. The largest absolute Gasteiger partial charge is 0.381 e. The van der Waals surface area contributed by atoms with Crippen LogP contribution >= 0.6 is 15.9 Å². The molecule has 110 valence electrons. The van der Waals surface area contributed by atoms with Crippen LogP contribution in [0.15, 0.2) is 27.6 Å². The average Bonchev–Trinajstić information content (AvgIpc) is 2.39. The molecule has 1 aliphatic rings. The van der Waals surface area contributed by atoms with Crippen molar-refractivity contribution >= 4 is 31.9 Å². The maximum Gasteiger partial charge on any atom is 0.251 e. The Morgan fingerprint density at radius 1 is 1.35 bits per heavy atom. The molecule has 0 aliphatic carbocycles. The molecule has 1 aromatic rings. The Morgan fingerprint density at radius 3 is 2.60 bits per heavy atom. The lowest BCUT2D eigenvalue weighted by Gasteiger charge is -2.23. The van der Waals surface area contributed by atoms with Gasteiger partial charge in [0.1, 0.15) is 0 Å². The number of carbonyl (C=O) groups is 1. The number of carbonyl (C=O) groups excluding carboxylic acids is 1. The molecule has 1 aliphatic heterocycles. The minimum atomic E-state index is -3.87. The number of hydrogen-bond donors (Lipinski definition) is 2. The zero-order valence-electron chi connectivity index (χ0n) is 10.6. The zero-order chi connectivity index (χ0) is 14.8. The highest BCUT2D eigenvalue weighted by molar-refractivity contribution is 9.10. The van der Waals surface area contributed by atoms with E-state index in [2.05, 4.69) is 21.2 Å². The lowest BCUT2D eigenvalue weighted by Crippen LogP contribution is -2.38. The normalized spacial score (nSPS) is 16.9. The van der Waals surface area contributed by atoms with Crippen LogP contribution in [0.1, 0.15) is 23.2 Å². The Labute approximate surface area is 125 Å². The molecule has 0 unspecified atom stereocenters. The number of hydrogen-bond acceptors (Lipinski definition) is 4. The van der Waals surface area contributed by atoms with Crippen molar-refractivity contribution in [2.24, 2.45) is 5.14 Å². The van der Waals surface area contributed by atoms with Gasteiger partial charge in [-0.2, -0.15) is 0 Å². The van der Waals surface area contributed by atoms with E-state index in [1.165, 1.54) is 12.1 Å². The Kier molecular flexibility index (Phi) is 4.79. The van der Waals surface area contributed by atoms with Gasteiger partial charge in [0.15, 0.2) is 0 Å². The van der Waals surface area contributed by atoms with E-state index in [-0.39, 0.29) is 22.4 Å². The number of nitrogens with one attached hydrogen (secondary N) is 1. The summed E-state index contributed by atoms with van der Waals surface area (Å²) < 4.78 is 28.4. The van der Waals surface area contributed by atoms with Crippen LogP contribution in [0.5, 0.6) is 0 Å². The van der Waals surface area contributed by atoms with Crippen LogP contribution in [0.2, 0.25) is 0 Å². The highest BCUT2D eigenvalue weighted by Crippen LogP contribution is 2.22. The van der Waals surface area contributed by atoms with Crippen molar-refractivity contribution < 1.29 is 17.9 Å². The lowest BCUT2D eigenvalue weighted by molar-refractivity contribution is 0.0696. The molecule has 0 saturated carbocycles. The van der Waals surface area contributed by atoms with E-state index in [1.807, 2.05) is 0 Å². The molecule has 0 bridgehead atoms. The Hall–Kier alpha value is -0.960. The van der Waals surface area contributed by atoms with Crippen molar-refractivity contribution in [3.63, 3.8) is 0 Å². The summed E-state index contributed by atoms with van der Waals surface area (Å²) in [4.78, 5) is 12.0. The van der Waals surface area contributed by atoms with Gasteiger partial charge >= 0.3 is 0 Å². The molecule has 1 heterocycles. The highest BCUT2D eigenvalue weighted by atomic mass is 79.9. The second-order valence-electron chi connectivity index (χ2n) is 4.55. The van der Waals surface area contributed by atoms with Crippen molar-refractivity contribution in [3.05, 3.63) is 28.2 Å². The molecular weight excluding hydrogens is 348 g/mol. The van der Waals surface area contributed by atoms with E-state index in [0.29, 0.717) is 17.7 Å². The molecular formula is C12H15BrN2O4S. The minimum Gasteiger partial charge on any atom is -0.381 e. The molecule has 2 rings (SSSR count). The highest BCUT2D eigenvalue weighted by Gasteiger charge is 2.19. The van der Waals surface area contributed by atoms with Crippen molar-refractivity contribution in [2.75, 3.05) is 13.2 Å². The van der Waals surface area contributed by atoms with Crippen molar-refractivity contribution in [1.29, 1.82) is 0 Å². The third-order valence-corrected chi connectivity index (χ3v) is 4.96. The Morgan fingerprint density at radius 2 is 2.00 bits per heavy atom. The third-order valence-electron chi connectivity index (χ3n) is 3.06. The monoisotopic (exact) mass is 362 g/mol. The van der Waals surface area contributed by atoms with Crippen LogP contribution in [0.3, 0.4) is 0 Å². The molecule has 8 heteroatoms. The fourth-order valence-electron chi connectivity index (χ4n) is 1.97. The number of halogens is 1. The first-order valence-corrected chi connectivity index (χ1v) is 8.43. The summed E-state index contributed by atoms with van der Waals surface area (Å²) >= 11 is 3.11. The van der Waals surface area contributed by atoms with Gasteiger partial charge < -0.3 is 10.1 Å². The van der Waals surface area contributed by atoms with E-state index in [9.17, 15) is 13.2 Å². The first kappa shape index (κ1) is 15.4. The summed E-state index contributed by atoms with van der Waals surface area (Å²) in [5.74, 6) is -0.311. The topological polar surface area (TPSA) is 98.5 Å². The number of sulfonamides is 1. The van der Waals surface area contributed by atoms with E-state index < -0.39 is 10.0 Å². The van der Waals surface area contributed by atoms with E-state index >= 15 is 0 Å². The van der Waals surface area contributed by atoms with Crippen molar-refractivity contribution in [3.8, 4) is 0 Å². The van der Waals surface area contributed by atoms with Gasteiger partial charge in [0.25, 0.3) is 5.91 Å². The second kappa shape index (κ2) is 6.21. The number of amides is 1. The molecule has 0 spiro atoms. The summed E-state index contributed by atoms with van der Waals surface area (Å²) in [6.07, 6.45) is 1.51. The first-order valence-electron chi connectivity index (χ1n) is 6.09. The molecule has 0 atom stereocenters. The van der Waals surface area contributed by atoms with Gasteiger partial charge in [-0.25, -0.2) is 13.6 Å².